The van der Waals surface area contributed by atoms with E-state index in [9.17, 15) is 19.2 Å². The minimum absolute atomic E-state index is 0.0134. The molecule has 10 heteroatoms. The molecule has 276 valence electrons. The molecule has 51 heavy (non-hydrogen) atoms. The number of anilines is 1. The van der Waals surface area contributed by atoms with Gasteiger partial charge in [-0.1, -0.05) is 78.0 Å². The van der Waals surface area contributed by atoms with E-state index in [1.165, 1.54) is 0 Å². The van der Waals surface area contributed by atoms with Crippen molar-refractivity contribution in [3.63, 3.8) is 0 Å². The molecule has 2 heterocycles. The van der Waals surface area contributed by atoms with Gasteiger partial charge in [0.15, 0.2) is 20.3 Å². The maximum Gasteiger partial charge on any atom is 0.416 e. The third kappa shape index (κ3) is 8.90. The van der Waals surface area contributed by atoms with Crippen LogP contribution in [0.15, 0.2) is 60.3 Å². The van der Waals surface area contributed by atoms with Crippen molar-refractivity contribution in [2.75, 3.05) is 4.90 Å². The predicted molar refractivity (Wildman–Crippen MR) is 205 cm³/mol. The highest BCUT2D eigenvalue weighted by atomic mass is 28.4. The van der Waals surface area contributed by atoms with Gasteiger partial charge < -0.3 is 19.4 Å². The standard InChI is InChI=1S/C41H57N3O6Si/c1-13-14-32-21-35-39(50-51(11,12)41(8,9)10)44(34-20-27(5)26(4)19-33(34)38(47)43(35)23-32)40(48)49-24-31-17-15-30(16-18-31)22-36(45)29(7)42-37(46)28(6)25(2)3/h13-20,23,25,28-29,35,39H,21-22,24H2,1-12H3,(H,42,46)/b14-13+/t28-,29-,35-,39-/m0/s1. The minimum atomic E-state index is -2.48. The van der Waals surface area contributed by atoms with Crippen molar-refractivity contribution in [3.8, 4) is 0 Å². The molecule has 0 saturated carbocycles. The highest BCUT2D eigenvalue weighted by molar-refractivity contribution is 6.74. The van der Waals surface area contributed by atoms with E-state index in [2.05, 4.69) is 39.2 Å². The Bertz CT molecular complexity index is 1700. The summed E-state index contributed by atoms with van der Waals surface area (Å²) in [4.78, 5) is 57.3. The molecule has 0 aromatic heterocycles. The van der Waals surface area contributed by atoms with E-state index in [1.54, 1.807) is 16.7 Å². The number of carbonyl (C=O) groups is 4. The van der Waals surface area contributed by atoms with Crippen LogP contribution >= 0.6 is 0 Å². The number of benzene rings is 2. The number of rotatable bonds is 11. The lowest BCUT2D eigenvalue weighted by atomic mass is 9.96. The molecule has 9 nitrogen and oxygen atoms in total. The van der Waals surface area contributed by atoms with Crippen LogP contribution in [0.2, 0.25) is 18.1 Å². The van der Waals surface area contributed by atoms with Crippen molar-refractivity contribution in [1.82, 2.24) is 10.2 Å². The van der Waals surface area contributed by atoms with E-state index in [0.29, 0.717) is 17.7 Å². The third-order valence-electron chi connectivity index (χ3n) is 10.8. The number of nitrogens with zero attached hydrogens (tertiary/aromatic N) is 2. The predicted octanol–water partition coefficient (Wildman–Crippen LogP) is 8.39. The van der Waals surface area contributed by atoms with Crippen LogP contribution in [0.5, 0.6) is 0 Å². The van der Waals surface area contributed by atoms with Gasteiger partial charge in [-0.2, -0.15) is 0 Å². The van der Waals surface area contributed by atoms with E-state index < -0.39 is 32.7 Å². The molecule has 0 unspecified atom stereocenters. The quantitative estimate of drug-likeness (QED) is 0.235. The smallest absolute Gasteiger partial charge is 0.416 e. The van der Waals surface area contributed by atoms with Gasteiger partial charge in [0.1, 0.15) is 6.61 Å². The topological polar surface area (TPSA) is 105 Å². The van der Waals surface area contributed by atoms with Crippen LogP contribution in [0, 0.1) is 25.7 Å². The fourth-order valence-electron chi connectivity index (χ4n) is 5.92. The highest BCUT2D eigenvalue weighted by Crippen LogP contribution is 2.43. The summed E-state index contributed by atoms with van der Waals surface area (Å²) in [6.07, 6.45) is 5.15. The summed E-state index contributed by atoms with van der Waals surface area (Å²) < 4.78 is 13.1. The molecule has 4 rings (SSSR count). The SMILES string of the molecule is C/C=C/C1=CN2C(=O)c3cc(C)c(C)cc3N(C(=O)OCc3ccc(CC(=O)[C@H](C)NC(=O)[C@@H](C)C(C)C)cc3)[C@@H](O[Si](C)(C)C(C)(C)C)[C@@H]2C1. The lowest BCUT2D eigenvalue weighted by Crippen LogP contribution is -2.57. The van der Waals surface area contributed by atoms with Crippen LogP contribution in [-0.4, -0.2) is 55.2 Å². The zero-order valence-corrected chi connectivity index (χ0v) is 33.5. The first kappa shape index (κ1) is 39.8. The Kier molecular flexibility index (Phi) is 12.2. The Morgan fingerprint density at radius 3 is 2.20 bits per heavy atom. The second-order valence-corrected chi connectivity index (χ2v) is 20.8. The Hall–Kier alpha value is -4.02. The van der Waals surface area contributed by atoms with Crippen molar-refractivity contribution in [2.24, 2.45) is 11.8 Å². The first-order chi connectivity index (χ1) is 23.7. The van der Waals surface area contributed by atoms with Crippen LogP contribution in [0.4, 0.5) is 10.5 Å². The normalized spacial score (nSPS) is 19.0. The number of carbonyl (C=O) groups excluding carboxylic acids is 4. The summed E-state index contributed by atoms with van der Waals surface area (Å²) in [5.74, 6) is -0.391. The average molecular weight is 716 g/mol. The van der Waals surface area contributed by atoms with Crippen molar-refractivity contribution in [2.45, 2.75) is 125 Å². The van der Waals surface area contributed by atoms with E-state index in [1.807, 2.05) is 96.3 Å². The molecule has 0 aliphatic carbocycles. The summed E-state index contributed by atoms with van der Waals surface area (Å²) in [5.41, 5.74) is 5.34. The zero-order chi connectivity index (χ0) is 38.0. The molecule has 0 spiro atoms. The molecule has 1 N–H and O–H groups in total. The van der Waals surface area contributed by atoms with Crippen molar-refractivity contribution < 1.29 is 28.3 Å². The number of hydrogen-bond acceptors (Lipinski definition) is 6. The Balaban J connectivity index is 1.61. The second-order valence-electron chi connectivity index (χ2n) is 16.1. The molecule has 0 bridgehead atoms. The van der Waals surface area contributed by atoms with Gasteiger partial charge in [-0.3, -0.25) is 14.4 Å². The number of hydrogen-bond donors (Lipinski definition) is 1. The summed E-state index contributed by atoms with van der Waals surface area (Å²) >= 11 is 0. The van der Waals surface area contributed by atoms with Gasteiger partial charge in [0.25, 0.3) is 5.91 Å². The minimum Gasteiger partial charge on any atom is -0.444 e. The van der Waals surface area contributed by atoms with Gasteiger partial charge in [0.2, 0.25) is 5.91 Å². The van der Waals surface area contributed by atoms with Gasteiger partial charge in [-0.15, -0.1) is 0 Å². The molecule has 0 radical (unpaired) electrons. The number of aryl methyl sites for hydroxylation is 2. The van der Waals surface area contributed by atoms with Crippen LogP contribution in [0.25, 0.3) is 0 Å². The summed E-state index contributed by atoms with van der Waals surface area (Å²) in [6, 6.07) is 10.1. The van der Waals surface area contributed by atoms with Crippen LogP contribution in [0.1, 0.15) is 94.4 Å². The molecule has 2 aromatic carbocycles. The van der Waals surface area contributed by atoms with Crippen molar-refractivity contribution in [3.05, 3.63) is 88.1 Å². The monoisotopic (exact) mass is 715 g/mol. The average Bonchev–Trinajstić information content (AvgIpc) is 3.44. The van der Waals surface area contributed by atoms with Gasteiger partial charge in [-0.05, 0) is 98.1 Å². The van der Waals surface area contributed by atoms with Crippen molar-refractivity contribution >= 4 is 37.7 Å². The molecule has 2 aliphatic heterocycles. The first-order valence-electron chi connectivity index (χ1n) is 18.1. The molecule has 2 aromatic rings. The van der Waals surface area contributed by atoms with Gasteiger partial charge in [-0.25, -0.2) is 9.69 Å². The Morgan fingerprint density at radius 2 is 1.61 bits per heavy atom. The lowest BCUT2D eigenvalue weighted by Gasteiger charge is -2.44. The highest BCUT2D eigenvalue weighted by Gasteiger charge is 2.50. The summed E-state index contributed by atoms with van der Waals surface area (Å²) in [6.45, 7) is 24.2. The van der Waals surface area contributed by atoms with Gasteiger partial charge in [0.05, 0.1) is 23.3 Å². The number of nitrogens with one attached hydrogen (secondary N) is 1. The molecule has 0 fully saturated rings. The van der Waals surface area contributed by atoms with Crippen LogP contribution in [-0.2, 0) is 31.8 Å². The number of fused-ring (bicyclic) bond motifs is 2. The molecule has 4 atom stereocenters. The second kappa shape index (κ2) is 15.7. The first-order valence-corrected chi connectivity index (χ1v) is 21.0. The molecular formula is C41H57N3O6Si. The Morgan fingerprint density at radius 1 is 1.00 bits per heavy atom. The number of ether oxygens (including phenoxy) is 1. The summed E-state index contributed by atoms with van der Waals surface area (Å²) in [5, 5.41) is 2.68. The van der Waals surface area contributed by atoms with E-state index in [4.69, 9.17) is 9.16 Å². The Labute approximate surface area is 305 Å². The number of amides is 3. The maximum absolute atomic E-state index is 14.4. The van der Waals surface area contributed by atoms with Gasteiger partial charge >= 0.3 is 6.09 Å². The van der Waals surface area contributed by atoms with E-state index >= 15 is 0 Å². The zero-order valence-electron chi connectivity index (χ0n) is 32.5. The fourth-order valence-corrected chi connectivity index (χ4v) is 7.14. The van der Waals surface area contributed by atoms with Crippen LogP contribution < -0.4 is 10.2 Å². The van der Waals surface area contributed by atoms with Gasteiger partial charge in [0, 0.05) is 18.5 Å². The number of Topliss-reactive ketones (excluding diaryl/α,β-unsaturated/α-hetero) is 1. The summed E-state index contributed by atoms with van der Waals surface area (Å²) in [7, 11) is -2.48. The van der Waals surface area contributed by atoms with E-state index in [0.717, 1.165) is 27.8 Å². The van der Waals surface area contributed by atoms with Crippen LogP contribution in [0.3, 0.4) is 0 Å². The largest absolute Gasteiger partial charge is 0.444 e. The molecule has 3 amide bonds. The lowest BCUT2D eigenvalue weighted by molar-refractivity contribution is -0.130. The van der Waals surface area contributed by atoms with Crippen molar-refractivity contribution in [1.29, 1.82) is 0 Å². The molecule has 2 aliphatic rings. The van der Waals surface area contributed by atoms with E-state index in [-0.39, 0.29) is 47.5 Å². The fraction of sp³-hybridized carbons (Fsp3) is 0.512. The number of ketones is 1. The molecule has 0 saturated heterocycles. The molecular weight excluding hydrogens is 659 g/mol. The maximum atomic E-state index is 14.4. The number of allylic oxidation sites excluding steroid dienone is 2. The third-order valence-corrected chi connectivity index (χ3v) is 15.3.